The van der Waals surface area contributed by atoms with Gasteiger partial charge in [-0.1, -0.05) is 0 Å². The Bertz CT molecular complexity index is 507. The van der Waals surface area contributed by atoms with Crippen molar-refractivity contribution >= 4 is 10.1 Å². The van der Waals surface area contributed by atoms with Gasteiger partial charge in [-0.3, -0.25) is 0 Å². The summed E-state index contributed by atoms with van der Waals surface area (Å²) in [6.07, 6.45) is 0. The van der Waals surface area contributed by atoms with Gasteiger partial charge in [-0.15, -0.1) is 0 Å². The van der Waals surface area contributed by atoms with E-state index in [-0.39, 0.29) is 40.9 Å². The Kier molecular flexibility index (Phi) is 6.00. The summed E-state index contributed by atoms with van der Waals surface area (Å²) in [5, 5.41) is 8.61. The van der Waals surface area contributed by atoms with E-state index in [2.05, 4.69) is 0 Å². The molecule has 0 amide bonds. The summed E-state index contributed by atoms with van der Waals surface area (Å²) in [7, 11) is -4.64. The fourth-order valence-corrected chi connectivity index (χ4v) is 1.70. The van der Waals surface area contributed by atoms with E-state index >= 15 is 0 Å². The van der Waals surface area contributed by atoms with Gasteiger partial charge in [0.25, 0.3) is 0 Å². The summed E-state index contributed by atoms with van der Waals surface area (Å²) >= 11 is 0. The maximum atomic E-state index is 10.8. The van der Waals surface area contributed by atoms with E-state index < -0.39 is 15.0 Å². The van der Waals surface area contributed by atoms with Crippen LogP contribution in [0.15, 0.2) is 23.1 Å². The molecule has 1 aromatic rings. The first-order chi connectivity index (χ1) is 6.99. The Hall–Kier alpha value is -0.580. The second kappa shape index (κ2) is 6.23. The molecule has 80 valence electrons. The van der Waals surface area contributed by atoms with Gasteiger partial charge in [0.05, 0.1) is 17.1 Å². The third kappa shape index (κ3) is 3.77. The number of ether oxygens (including phenoxy) is 1. The molecule has 0 spiro atoms. The zero-order chi connectivity index (χ0) is 11.5. The van der Waals surface area contributed by atoms with Gasteiger partial charge in [-0.2, -0.15) is 5.26 Å². The fraction of sp³-hybridized carbons (Fsp3) is 0.222. The van der Waals surface area contributed by atoms with Gasteiger partial charge >= 0.3 is 29.6 Å². The SMILES string of the molecule is CCOc1ccc(C#N)c(S(=O)(=O)[O-])c1.[Na+]. The van der Waals surface area contributed by atoms with E-state index in [0.717, 1.165) is 6.07 Å². The molecule has 0 saturated carbocycles. The Morgan fingerprint density at radius 2 is 2.12 bits per heavy atom. The normalized spacial score (nSPS) is 10.1. The quantitative estimate of drug-likeness (QED) is 0.450. The van der Waals surface area contributed by atoms with Gasteiger partial charge in [0, 0.05) is 0 Å². The Morgan fingerprint density at radius 3 is 2.56 bits per heavy atom. The summed E-state index contributed by atoms with van der Waals surface area (Å²) in [6, 6.07) is 5.38. The van der Waals surface area contributed by atoms with Gasteiger partial charge in [0.15, 0.2) is 0 Å². The average molecular weight is 249 g/mol. The largest absolute Gasteiger partial charge is 1.00 e. The minimum Gasteiger partial charge on any atom is -0.744 e. The van der Waals surface area contributed by atoms with Crippen molar-refractivity contribution in [1.29, 1.82) is 5.26 Å². The summed E-state index contributed by atoms with van der Waals surface area (Å²) < 4.78 is 37.4. The molecule has 0 fully saturated rings. The van der Waals surface area contributed by atoms with E-state index in [9.17, 15) is 13.0 Å². The van der Waals surface area contributed by atoms with Gasteiger partial charge in [0.1, 0.15) is 21.9 Å². The summed E-state index contributed by atoms with van der Waals surface area (Å²) in [4.78, 5) is -0.545. The van der Waals surface area contributed by atoms with Crippen LogP contribution in [0, 0.1) is 11.3 Å². The predicted octanol–water partition coefficient (Wildman–Crippen LogP) is -2.13. The standard InChI is InChI=1S/C9H9NO4S.Na/c1-2-14-8-4-3-7(6-10)9(5-8)15(11,12)13;/h3-5H,2H2,1H3,(H,11,12,13);/q;+1/p-1. The van der Waals surface area contributed by atoms with Gasteiger partial charge in [0.2, 0.25) is 0 Å². The second-order valence-electron chi connectivity index (χ2n) is 2.66. The molecule has 0 saturated heterocycles. The van der Waals surface area contributed by atoms with Gasteiger partial charge in [-0.05, 0) is 25.1 Å². The van der Waals surface area contributed by atoms with E-state index in [0.29, 0.717) is 6.61 Å². The number of hydrogen-bond acceptors (Lipinski definition) is 5. The van der Waals surface area contributed by atoms with Crippen LogP contribution in [-0.2, 0) is 10.1 Å². The van der Waals surface area contributed by atoms with Gasteiger partial charge in [-0.25, -0.2) is 8.42 Å². The van der Waals surface area contributed by atoms with Crippen LogP contribution < -0.4 is 34.3 Å². The van der Waals surface area contributed by atoms with E-state index in [1.54, 1.807) is 13.0 Å². The molecule has 1 aromatic carbocycles. The molecule has 0 aliphatic carbocycles. The zero-order valence-corrected chi connectivity index (χ0v) is 11.7. The van der Waals surface area contributed by atoms with Gasteiger partial charge < -0.3 is 9.29 Å². The molecular weight excluding hydrogens is 241 g/mol. The monoisotopic (exact) mass is 249 g/mol. The Balaban J connectivity index is 0.00000225. The molecule has 1 rings (SSSR count). The minimum absolute atomic E-state index is 0. The molecule has 0 unspecified atom stereocenters. The Labute approximate surface area is 116 Å². The third-order valence-corrected chi connectivity index (χ3v) is 2.53. The number of nitriles is 1. The van der Waals surface area contributed by atoms with Crippen molar-refractivity contribution in [2.24, 2.45) is 0 Å². The summed E-state index contributed by atoms with van der Waals surface area (Å²) in [6.45, 7) is 2.08. The third-order valence-electron chi connectivity index (χ3n) is 1.65. The van der Waals surface area contributed by atoms with Crippen molar-refractivity contribution < 1.29 is 47.3 Å². The first kappa shape index (κ1) is 15.4. The molecule has 0 aromatic heterocycles. The Morgan fingerprint density at radius 1 is 1.50 bits per heavy atom. The van der Waals surface area contributed by atoms with Crippen molar-refractivity contribution in [2.75, 3.05) is 6.61 Å². The number of hydrogen-bond donors (Lipinski definition) is 0. The van der Waals surface area contributed by atoms with Crippen molar-refractivity contribution in [3.8, 4) is 11.8 Å². The summed E-state index contributed by atoms with van der Waals surface area (Å²) in [5.41, 5.74) is -0.173. The van der Waals surface area contributed by atoms with Crippen LogP contribution in [0.5, 0.6) is 5.75 Å². The second-order valence-corrected chi connectivity index (χ2v) is 4.00. The van der Waals surface area contributed by atoms with Crippen molar-refractivity contribution in [1.82, 2.24) is 0 Å². The molecule has 0 bridgehead atoms. The van der Waals surface area contributed by atoms with Crippen molar-refractivity contribution in [3.63, 3.8) is 0 Å². The number of rotatable bonds is 3. The van der Waals surface area contributed by atoms with Crippen LogP contribution in [0.1, 0.15) is 12.5 Å². The molecule has 0 aliphatic rings. The van der Waals surface area contributed by atoms with E-state index in [1.807, 2.05) is 0 Å². The maximum absolute atomic E-state index is 10.8. The molecule has 0 atom stereocenters. The molecule has 0 heterocycles. The molecule has 16 heavy (non-hydrogen) atoms. The number of benzene rings is 1. The first-order valence-corrected chi connectivity index (χ1v) is 5.52. The smallest absolute Gasteiger partial charge is 0.744 e. The van der Waals surface area contributed by atoms with Crippen LogP contribution in [0.2, 0.25) is 0 Å². The molecule has 0 aliphatic heterocycles. The van der Waals surface area contributed by atoms with Crippen molar-refractivity contribution in [2.45, 2.75) is 11.8 Å². The zero-order valence-electron chi connectivity index (χ0n) is 8.93. The fourth-order valence-electron chi connectivity index (χ4n) is 1.06. The van der Waals surface area contributed by atoms with Crippen LogP contribution in [0.25, 0.3) is 0 Å². The predicted molar refractivity (Wildman–Crippen MR) is 50.3 cm³/mol. The molecule has 5 nitrogen and oxygen atoms in total. The average Bonchev–Trinajstić information content (AvgIpc) is 2.17. The molecule has 7 heteroatoms. The first-order valence-electron chi connectivity index (χ1n) is 4.12. The molecular formula is C9H8NNaO4S. The van der Waals surface area contributed by atoms with Crippen LogP contribution >= 0.6 is 0 Å². The molecule has 0 N–H and O–H groups in total. The van der Waals surface area contributed by atoms with Crippen LogP contribution in [-0.4, -0.2) is 19.6 Å². The minimum atomic E-state index is -4.64. The van der Waals surface area contributed by atoms with E-state index in [1.165, 1.54) is 12.1 Å². The summed E-state index contributed by atoms with van der Waals surface area (Å²) in [5.74, 6) is 0.255. The van der Waals surface area contributed by atoms with Crippen LogP contribution in [0.4, 0.5) is 0 Å². The van der Waals surface area contributed by atoms with Crippen molar-refractivity contribution in [3.05, 3.63) is 23.8 Å². The maximum Gasteiger partial charge on any atom is 1.00 e. The van der Waals surface area contributed by atoms with E-state index in [4.69, 9.17) is 10.00 Å². The van der Waals surface area contributed by atoms with Crippen LogP contribution in [0.3, 0.4) is 0 Å². The topological polar surface area (TPSA) is 90.2 Å². The molecule has 0 radical (unpaired) electrons. The number of nitrogens with zero attached hydrogens (tertiary/aromatic N) is 1.